The van der Waals surface area contributed by atoms with Gasteiger partial charge in [0.05, 0.1) is 0 Å². The summed E-state index contributed by atoms with van der Waals surface area (Å²) in [5, 5.41) is 12.2. The topological polar surface area (TPSA) is 24.1 Å². The summed E-state index contributed by atoms with van der Waals surface area (Å²) in [6.07, 6.45) is 0. The molecule has 1 heterocycles. The fourth-order valence-electron chi connectivity index (χ4n) is 3.57. The molecule has 0 unspecified atom stereocenters. The average molecular weight is 446 g/mol. The third-order valence-electron chi connectivity index (χ3n) is 4.60. The predicted octanol–water partition coefficient (Wildman–Crippen LogP) is 7.77. The molecule has 1 aliphatic heterocycles. The number of alkyl halides is 3. The summed E-state index contributed by atoms with van der Waals surface area (Å²) in [7, 11) is 0. The monoisotopic (exact) mass is 444 g/mol. The van der Waals surface area contributed by atoms with Crippen LogP contribution in [0.25, 0.3) is 32.7 Å². The molecule has 0 saturated heterocycles. The number of benzene rings is 4. The van der Waals surface area contributed by atoms with Crippen molar-refractivity contribution in [2.24, 2.45) is 0 Å². The van der Waals surface area contributed by atoms with Crippen LogP contribution in [0.2, 0.25) is 0 Å². The highest BCUT2D eigenvalue weighted by atomic mass is 35.6. The van der Waals surface area contributed by atoms with Crippen LogP contribution in [-0.4, -0.2) is 9.41 Å². The number of fused-ring (bicyclic) bond motifs is 7. The van der Waals surface area contributed by atoms with Crippen LogP contribution in [0.15, 0.2) is 72.8 Å². The van der Waals surface area contributed by atoms with Gasteiger partial charge in [0.25, 0.3) is 0 Å². The standard InChI is InChI=1S/C21H14N2S.CHCl3/c24-21-22-17-11-9-13-5-1-3-7-15(13)19(17)20-16-8-4-2-6-14(16)10-12-18(20)23-21;2-1(3)4/h1-12H,(H2,22,23,24);1H. The Kier molecular flexibility index (Phi) is 5.61. The Labute approximate surface area is 183 Å². The van der Waals surface area contributed by atoms with Crippen LogP contribution in [0.1, 0.15) is 0 Å². The fourth-order valence-corrected chi connectivity index (χ4v) is 3.79. The first-order valence-corrected chi connectivity index (χ1v) is 10.3. The Morgan fingerprint density at radius 3 is 1.43 bits per heavy atom. The molecule has 0 amide bonds. The van der Waals surface area contributed by atoms with Gasteiger partial charge in [-0.3, -0.25) is 0 Å². The van der Waals surface area contributed by atoms with E-state index in [4.69, 9.17) is 47.0 Å². The molecule has 0 aromatic heterocycles. The Bertz CT molecular complexity index is 1100. The first-order chi connectivity index (χ1) is 13.5. The van der Waals surface area contributed by atoms with Crippen LogP contribution in [0, 0.1) is 0 Å². The van der Waals surface area contributed by atoms with Crippen molar-refractivity contribution in [2.75, 3.05) is 10.6 Å². The highest BCUT2D eigenvalue weighted by Gasteiger charge is 2.20. The Balaban J connectivity index is 0.000000442. The molecule has 2 nitrogen and oxygen atoms in total. The predicted molar refractivity (Wildman–Crippen MR) is 128 cm³/mol. The van der Waals surface area contributed by atoms with Crippen LogP contribution >= 0.6 is 47.0 Å². The number of rotatable bonds is 0. The molecular weight excluding hydrogens is 431 g/mol. The third-order valence-corrected chi connectivity index (χ3v) is 4.81. The number of thiocarbonyl (C=S) groups is 1. The number of nitrogens with one attached hydrogen (secondary N) is 2. The van der Waals surface area contributed by atoms with Crippen LogP contribution < -0.4 is 10.6 Å². The minimum atomic E-state index is -0.750. The lowest BCUT2D eigenvalue weighted by atomic mass is 9.91. The molecule has 2 N–H and O–H groups in total. The first kappa shape index (κ1) is 19.3. The average Bonchev–Trinajstić information content (AvgIpc) is 2.83. The van der Waals surface area contributed by atoms with Crippen molar-refractivity contribution in [3.8, 4) is 11.1 Å². The van der Waals surface area contributed by atoms with E-state index in [1.54, 1.807) is 0 Å². The van der Waals surface area contributed by atoms with Gasteiger partial charge in [-0.05, 0) is 45.9 Å². The summed E-state index contributed by atoms with van der Waals surface area (Å²) in [5.41, 5.74) is 4.49. The van der Waals surface area contributed by atoms with Crippen molar-refractivity contribution in [3.05, 3.63) is 72.8 Å². The minimum absolute atomic E-state index is 0.626. The molecule has 0 bridgehead atoms. The van der Waals surface area contributed by atoms with Gasteiger partial charge in [-0.1, -0.05) is 95.5 Å². The van der Waals surface area contributed by atoms with E-state index in [1.807, 2.05) is 0 Å². The molecule has 0 fully saturated rings. The summed E-state index contributed by atoms with van der Waals surface area (Å²) in [5.74, 6) is 0. The van der Waals surface area contributed by atoms with Gasteiger partial charge in [-0.15, -0.1) is 0 Å². The van der Waals surface area contributed by atoms with Gasteiger partial charge in [0, 0.05) is 22.5 Å². The number of halogens is 3. The number of hydrogen-bond donors (Lipinski definition) is 2. The highest BCUT2D eigenvalue weighted by Crippen LogP contribution is 2.44. The molecule has 0 radical (unpaired) electrons. The molecule has 5 rings (SSSR count). The summed E-state index contributed by atoms with van der Waals surface area (Å²) in [4.78, 5) is 0. The third kappa shape index (κ3) is 3.76. The van der Waals surface area contributed by atoms with E-state index in [0.717, 1.165) is 11.4 Å². The van der Waals surface area contributed by atoms with Crippen molar-refractivity contribution >= 4 is 85.1 Å². The van der Waals surface area contributed by atoms with Gasteiger partial charge < -0.3 is 10.6 Å². The van der Waals surface area contributed by atoms with Crippen molar-refractivity contribution in [3.63, 3.8) is 0 Å². The van der Waals surface area contributed by atoms with E-state index in [-0.39, 0.29) is 0 Å². The van der Waals surface area contributed by atoms with Gasteiger partial charge >= 0.3 is 0 Å². The maximum Gasteiger partial charge on any atom is 0.180 e. The maximum atomic E-state index is 5.47. The molecule has 4 aromatic carbocycles. The van der Waals surface area contributed by atoms with Gasteiger partial charge in [-0.2, -0.15) is 0 Å². The number of hydrogen-bond acceptors (Lipinski definition) is 1. The summed E-state index contributed by atoms with van der Waals surface area (Å²) in [6, 6.07) is 25.5. The van der Waals surface area contributed by atoms with Crippen LogP contribution in [0.3, 0.4) is 0 Å². The van der Waals surface area contributed by atoms with Gasteiger partial charge in [0.2, 0.25) is 0 Å². The van der Waals surface area contributed by atoms with Crippen LogP contribution in [-0.2, 0) is 0 Å². The van der Waals surface area contributed by atoms with Gasteiger partial charge in [0.1, 0.15) is 0 Å². The second-order valence-electron chi connectivity index (χ2n) is 6.25. The van der Waals surface area contributed by atoms with Crippen molar-refractivity contribution in [1.82, 2.24) is 0 Å². The molecule has 6 heteroatoms. The van der Waals surface area contributed by atoms with E-state index in [0.29, 0.717) is 5.11 Å². The quantitative estimate of drug-likeness (QED) is 0.213. The van der Waals surface area contributed by atoms with Gasteiger partial charge in [0.15, 0.2) is 9.41 Å². The molecular formula is C22H15Cl3N2S. The molecule has 1 aliphatic rings. The van der Waals surface area contributed by atoms with Crippen molar-refractivity contribution < 1.29 is 0 Å². The van der Waals surface area contributed by atoms with Gasteiger partial charge in [-0.25, -0.2) is 0 Å². The zero-order valence-electron chi connectivity index (χ0n) is 14.5. The molecule has 140 valence electrons. The summed E-state index contributed by atoms with van der Waals surface area (Å²) >= 11 is 19.9. The molecule has 0 spiro atoms. The number of anilines is 2. The fraction of sp³-hybridized carbons (Fsp3) is 0.0455. The molecule has 4 aromatic rings. The minimum Gasteiger partial charge on any atom is -0.332 e. The van der Waals surface area contributed by atoms with Crippen LogP contribution in [0.5, 0.6) is 0 Å². The second kappa shape index (κ2) is 8.14. The van der Waals surface area contributed by atoms with E-state index in [2.05, 4.69) is 83.4 Å². The first-order valence-electron chi connectivity index (χ1n) is 8.58. The zero-order valence-corrected chi connectivity index (χ0v) is 17.6. The smallest absolute Gasteiger partial charge is 0.180 e. The second-order valence-corrected chi connectivity index (χ2v) is 8.63. The normalized spacial score (nSPS) is 12.4. The zero-order chi connectivity index (χ0) is 19.7. The maximum absolute atomic E-state index is 5.47. The van der Waals surface area contributed by atoms with Crippen molar-refractivity contribution in [1.29, 1.82) is 0 Å². The molecule has 0 atom stereocenters. The molecule has 0 saturated carbocycles. The lowest BCUT2D eigenvalue weighted by Gasteiger charge is -2.15. The molecule has 28 heavy (non-hydrogen) atoms. The largest absolute Gasteiger partial charge is 0.332 e. The van der Waals surface area contributed by atoms with Crippen molar-refractivity contribution in [2.45, 2.75) is 4.30 Å². The SMILES string of the molecule is ClC(Cl)Cl.S=C1Nc2ccc3ccccc3c2-c2c(ccc3ccccc23)N1. The Morgan fingerprint density at radius 2 is 1.00 bits per heavy atom. The van der Waals surface area contributed by atoms with E-state index >= 15 is 0 Å². The highest BCUT2D eigenvalue weighted by molar-refractivity contribution is 7.80. The van der Waals surface area contributed by atoms with E-state index < -0.39 is 4.30 Å². The van der Waals surface area contributed by atoms with E-state index in [1.165, 1.54) is 32.7 Å². The lowest BCUT2D eigenvalue weighted by Crippen LogP contribution is -2.17. The van der Waals surface area contributed by atoms with Crippen LogP contribution in [0.4, 0.5) is 11.4 Å². The Morgan fingerprint density at radius 1 is 0.607 bits per heavy atom. The summed E-state index contributed by atoms with van der Waals surface area (Å²) in [6.45, 7) is 0. The molecule has 0 aliphatic carbocycles. The Hall–Kier alpha value is -2.04. The van der Waals surface area contributed by atoms with E-state index in [9.17, 15) is 0 Å². The summed E-state index contributed by atoms with van der Waals surface area (Å²) < 4.78 is -0.750. The lowest BCUT2D eigenvalue weighted by molar-refractivity contribution is 1.68.